The lowest BCUT2D eigenvalue weighted by Gasteiger charge is -2.29. The van der Waals surface area contributed by atoms with Crippen molar-refractivity contribution in [2.75, 3.05) is 20.2 Å². The Morgan fingerprint density at radius 3 is 2.71 bits per heavy atom. The van der Waals surface area contributed by atoms with E-state index >= 15 is 0 Å². The van der Waals surface area contributed by atoms with Gasteiger partial charge in [0.15, 0.2) is 11.5 Å². The predicted octanol–water partition coefficient (Wildman–Crippen LogP) is 4.28. The lowest BCUT2D eigenvalue weighted by atomic mass is 10.1. The van der Waals surface area contributed by atoms with Crippen LogP contribution in [-0.4, -0.2) is 31.2 Å². The van der Waals surface area contributed by atoms with Crippen LogP contribution in [0.4, 0.5) is 0 Å². The molecule has 3 aromatic rings. The quantitative estimate of drug-likeness (QED) is 0.599. The van der Waals surface area contributed by atoms with Crippen molar-refractivity contribution in [3.8, 4) is 11.5 Å². The number of fused-ring (bicyclic) bond motifs is 2. The number of likely N-dealkylation sites (N-methyl/N-ethyl adjacent to an activating group) is 1. The number of hydrogen-bond donors (Lipinski definition) is 0. The summed E-state index contributed by atoms with van der Waals surface area (Å²) < 4.78 is 17.2. The molecule has 1 aromatic heterocycles. The van der Waals surface area contributed by atoms with Gasteiger partial charge in [-0.05, 0) is 48.9 Å². The summed E-state index contributed by atoms with van der Waals surface area (Å²) in [6.07, 6.45) is 0.699. The third-order valence-electron chi connectivity index (χ3n) is 4.90. The molecule has 0 fully saturated rings. The molecule has 4 rings (SSSR count). The van der Waals surface area contributed by atoms with Crippen LogP contribution in [0.2, 0.25) is 5.02 Å². The van der Waals surface area contributed by atoms with Crippen molar-refractivity contribution >= 4 is 22.6 Å². The van der Waals surface area contributed by atoms with E-state index in [1.54, 1.807) is 0 Å². The molecule has 1 aliphatic heterocycles. The normalized spacial score (nSPS) is 15.9. The van der Waals surface area contributed by atoms with E-state index in [1.165, 1.54) is 6.07 Å². The Morgan fingerprint density at radius 2 is 1.93 bits per heavy atom. The molecule has 0 amide bonds. The third-order valence-corrected chi connectivity index (χ3v) is 5.25. The first-order valence-electron chi connectivity index (χ1n) is 9.35. The molecule has 1 aliphatic rings. The van der Waals surface area contributed by atoms with Gasteiger partial charge in [0.05, 0.1) is 0 Å². The summed E-state index contributed by atoms with van der Waals surface area (Å²) in [5, 5.41) is 1.55. The Labute approximate surface area is 168 Å². The molecule has 1 unspecified atom stereocenters. The maximum atomic E-state index is 12.0. The second-order valence-corrected chi connectivity index (χ2v) is 7.49. The summed E-state index contributed by atoms with van der Waals surface area (Å²) in [7, 11) is 1.99. The Bertz CT molecular complexity index is 1060. The number of halogens is 1. The Kier molecular flexibility index (Phi) is 5.29. The number of aryl methyl sites for hydroxylation is 1. The fraction of sp³-hybridized carbons (Fsp3) is 0.318. The number of rotatable bonds is 5. The van der Waals surface area contributed by atoms with Gasteiger partial charge in [-0.15, -0.1) is 0 Å². The van der Waals surface area contributed by atoms with Crippen LogP contribution in [0.5, 0.6) is 11.5 Å². The molecule has 0 bridgehead atoms. The topological polar surface area (TPSA) is 51.9 Å². The van der Waals surface area contributed by atoms with Gasteiger partial charge in [0.2, 0.25) is 0 Å². The molecule has 0 spiro atoms. The van der Waals surface area contributed by atoms with Crippen LogP contribution in [0, 0.1) is 0 Å². The molecule has 28 heavy (non-hydrogen) atoms. The monoisotopic (exact) mass is 399 g/mol. The smallest absolute Gasteiger partial charge is 0.336 e. The van der Waals surface area contributed by atoms with Gasteiger partial charge in [-0.3, -0.25) is 4.90 Å². The first-order valence-corrected chi connectivity index (χ1v) is 9.73. The molecule has 2 heterocycles. The van der Waals surface area contributed by atoms with Gasteiger partial charge in [0.1, 0.15) is 18.3 Å². The summed E-state index contributed by atoms with van der Waals surface area (Å²) in [6, 6.07) is 12.9. The van der Waals surface area contributed by atoms with Crippen molar-refractivity contribution in [1.29, 1.82) is 0 Å². The standard InChI is InChI=1S/C22H22ClNO4/c1-3-14-8-21-17(10-18(14)23)15(9-22(25)28-21)11-24(2)12-16-13-26-19-6-4-5-7-20(19)27-16/h4-10,16H,3,11-13H2,1-2H3. The molecule has 0 saturated carbocycles. The molecular weight excluding hydrogens is 378 g/mol. The van der Waals surface area contributed by atoms with Crippen molar-refractivity contribution in [3.05, 3.63) is 69.0 Å². The first kappa shape index (κ1) is 18.8. The van der Waals surface area contributed by atoms with Crippen molar-refractivity contribution in [1.82, 2.24) is 4.90 Å². The average Bonchev–Trinajstić information content (AvgIpc) is 2.68. The van der Waals surface area contributed by atoms with Gasteiger partial charge in [0.25, 0.3) is 0 Å². The van der Waals surface area contributed by atoms with Crippen LogP contribution < -0.4 is 15.1 Å². The largest absolute Gasteiger partial charge is 0.486 e. The summed E-state index contributed by atoms with van der Waals surface area (Å²) >= 11 is 6.39. The minimum absolute atomic E-state index is 0.0819. The zero-order chi connectivity index (χ0) is 19.7. The highest BCUT2D eigenvalue weighted by molar-refractivity contribution is 6.32. The molecule has 5 nitrogen and oxygen atoms in total. The van der Waals surface area contributed by atoms with Gasteiger partial charge >= 0.3 is 5.63 Å². The van der Waals surface area contributed by atoms with E-state index in [9.17, 15) is 4.79 Å². The number of ether oxygens (including phenoxy) is 2. The highest BCUT2D eigenvalue weighted by atomic mass is 35.5. The third kappa shape index (κ3) is 3.86. The second kappa shape index (κ2) is 7.86. The lowest BCUT2D eigenvalue weighted by Crippen LogP contribution is -2.39. The number of benzene rings is 2. The minimum Gasteiger partial charge on any atom is -0.486 e. The zero-order valence-electron chi connectivity index (χ0n) is 15.9. The van der Waals surface area contributed by atoms with E-state index < -0.39 is 0 Å². The van der Waals surface area contributed by atoms with Gasteiger partial charge in [-0.2, -0.15) is 0 Å². The highest BCUT2D eigenvalue weighted by Gasteiger charge is 2.22. The molecule has 0 aliphatic carbocycles. The maximum Gasteiger partial charge on any atom is 0.336 e. The molecule has 0 saturated heterocycles. The van der Waals surface area contributed by atoms with Crippen molar-refractivity contribution in [2.45, 2.75) is 26.0 Å². The molecule has 2 aromatic carbocycles. The SMILES string of the molecule is CCc1cc2oc(=O)cc(CN(C)CC3COc4ccccc4O3)c2cc1Cl. The van der Waals surface area contributed by atoms with Crippen LogP contribution in [-0.2, 0) is 13.0 Å². The van der Waals surface area contributed by atoms with E-state index in [0.29, 0.717) is 30.3 Å². The van der Waals surface area contributed by atoms with Gasteiger partial charge < -0.3 is 13.9 Å². The van der Waals surface area contributed by atoms with Crippen LogP contribution >= 0.6 is 11.6 Å². The van der Waals surface area contributed by atoms with Crippen LogP contribution in [0.15, 0.2) is 51.7 Å². The predicted molar refractivity (Wildman–Crippen MR) is 110 cm³/mol. The van der Waals surface area contributed by atoms with E-state index in [2.05, 4.69) is 4.90 Å². The number of para-hydroxylation sites is 2. The van der Waals surface area contributed by atoms with Crippen molar-refractivity contribution in [3.63, 3.8) is 0 Å². The van der Waals surface area contributed by atoms with Crippen molar-refractivity contribution in [2.24, 2.45) is 0 Å². The fourth-order valence-corrected chi connectivity index (χ4v) is 3.84. The molecule has 146 valence electrons. The molecule has 0 radical (unpaired) electrons. The van der Waals surface area contributed by atoms with Crippen molar-refractivity contribution < 1.29 is 13.9 Å². The molecule has 6 heteroatoms. The lowest BCUT2D eigenvalue weighted by molar-refractivity contribution is 0.0639. The summed E-state index contributed by atoms with van der Waals surface area (Å²) in [6.45, 7) is 3.75. The minimum atomic E-state index is -0.355. The van der Waals surface area contributed by atoms with Gasteiger partial charge in [0, 0.05) is 29.6 Å². The summed E-state index contributed by atoms with van der Waals surface area (Å²) in [4.78, 5) is 14.1. The molecular formula is C22H22ClNO4. The summed E-state index contributed by atoms with van der Waals surface area (Å²) in [5.41, 5.74) is 2.07. The number of nitrogens with zero attached hydrogens (tertiary/aromatic N) is 1. The maximum absolute atomic E-state index is 12.0. The van der Waals surface area contributed by atoms with Crippen LogP contribution in [0.3, 0.4) is 0 Å². The van der Waals surface area contributed by atoms with E-state index in [4.69, 9.17) is 25.5 Å². The Hall–Kier alpha value is -2.50. The zero-order valence-corrected chi connectivity index (χ0v) is 16.7. The Morgan fingerprint density at radius 1 is 1.14 bits per heavy atom. The second-order valence-electron chi connectivity index (χ2n) is 7.08. The molecule has 1 atom stereocenters. The van der Waals surface area contributed by atoms with Crippen LogP contribution in [0.25, 0.3) is 11.0 Å². The van der Waals surface area contributed by atoms with Gasteiger partial charge in [-0.25, -0.2) is 4.79 Å². The highest BCUT2D eigenvalue weighted by Crippen LogP contribution is 2.31. The Balaban J connectivity index is 1.53. The van der Waals surface area contributed by atoms with E-state index in [0.717, 1.165) is 34.4 Å². The van der Waals surface area contributed by atoms with E-state index in [1.807, 2.05) is 50.4 Å². The van der Waals surface area contributed by atoms with Gasteiger partial charge in [-0.1, -0.05) is 30.7 Å². The summed E-state index contributed by atoms with van der Waals surface area (Å²) in [5.74, 6) is 1.53. The number of hydrogen-bond acceptors (Lipinski definition) is 5. The molecule has 0 N–H and O–H groups in total. The first-order chi connectivity index (χ1) is 13.5. The fourth-order valence-electron chi connectivity index (χ4n) is 3.55. The van der Waals surface area contributed by atoms with Crippen LogP contribution in [0.1, 0.15) is 18.1 Å². The average molecular weight is 400 g/mol. The van der Waals surface area contributed by atoms with E-state index in [-0.39, 0.29) is 11.7 Å².